The first-order chi connectivity index (χ1) is 9.60. The first kappa shape index (κ1) is 15.2. The van der Waals surface area contributed by atoms with Crippen molar-refractivity contribution in [1.29, 1.82) is 0 Å². The van der Waals surface area contributed by atoms with Gasteiger partial charge in [-0.1, -0.05) is 33.3 Å². The Morgan fingerprint density at radius 3 is 2.80 bits per heavy atom. The lowest BCUT2D eigenvalue weighted by Gasteiger charge is -2.34. The maximum absolute atomic E-state index is 5.91. The molecule has 1 aliphatic carbocycles. The third-order valence-corrected chi connectivity index (χ3v) is 4.40. The van der Waals surface area contributed by atoms with Crippen LogP contribution in [0.25, 0.3) is 0 Å². The van der Waals surface area contributed by atoms with Crippen LogP contribution in [0.3, 0.4) is 0 Å². The van der Waals surface area contributed by atoms with Crippen molar-refractivity contribution >= 4 is 5.69 Å². The van der Waals surface area contributed by atoms with Crippen LogP contribution < -0.4 is 10.1 Å². The number of ether oxygens (including phenoxy) is 1. The Morgan fingerprint density at radius 2 is 2.05 bits per heavy atom. The number of aryl methyl sites for hydroxylation is 1. The van der Waals surface area contributed by atoms with Gasteiger partial charge in [0.1, 0.15) is 5.75 Å². The first-order valence-electron chi connectivity index (χ1n) is 8.10. The van der Waals surface area contributed by atoms with Crippen LogP contribution >= 0.6 is 0 Å². The molecule has 1 aliphatic rings. The number of hydrogen-bond donors (Lipinski definition) is 1. The Bertz CT molecular complexity index is 429. The summed E-state index contributed by atoms with van der Waals surface area (Å²) in [5.74, 6) is 2.58. The van der Waals surface area contributed by atoms with E-state index in [1.807, 2.05) is 0 Å². The SMILES string of the molecule is CCCOc1cc(C)ccc1NC1CC(C)CCC1C. The molecule has 2 rings (SSSR count). The Hall–Kier alpha value is -1.18. The van der Waals surface area contributed by atoms with Gasteiger partial charge in [0.25, 0.3) is 0 Å². The normalized spacial score (nSPS) is 26.3. The summed E-state index contributed by atoms with van der Waals surface area (Å²) < 4.78 is 5.91. The smallest absolute Gasteiger partial charge is 0.142 e. The van der Waals surface area contributed by atoms with Gasteiger partial charge in [-0.3, -0.25) is 0 Å². The average Bonchev–Trinajstić information content (AvgIpc) is 2.43. The molecule has 0 heterocycles. The van der Waals surface area contributed by atoms with E-state index in [0.29, 0.717) is 6.04 Å². The third kappa shape index (κ3) is 3.91. The van der Waals surface area contributed by atoms with Crippen molar-refractivity contribution in [3.63, 3.8) is 0 Å². The lowest BCUT2D eigenvalue weighted by molar-refractivity contribution is 0.278. The molecular formula is C18H29NO. The average molecular weight is 275 g/mol. The molecule has 0 amide bonds. The summed E-state index contributed by atoms with van der Waals surface area (Å²) in [6, 6.07) is 7.06. The molecule has 1 aromatic carbocycles. The second-order valence-corrected chi connectivity index (χ2v) is 6.49. The zero-order valence-corrected chi connectivity index (χ0v) is 13.4. The van der Waals surface area contributed by atoms with Crippen molar-refractivity contribution in [2.75, 3.05) is 11.9 Å². The molecule has 0 bridgehead atoms. The molecule has 20 heavy (non-hydrogen) atoms. The third-order valence-electron chi connectivity index (χ3n) is 4.40. The molecule has 1 fully saturated rings. The van der Waals surface area contributed by atoms with Crippen LogP contribution in [0.5, 0.6) is 5.75 Å². The Morgan fingerprint density at radius 1 is 1.25 bits per heavy atom. The molecule has 0 spiro atoms. The van der Waals surface area contributed by atoms with Gasteiger partial charge in [0, 0.05) is 6.04 Å². The van der Waals surface area contributed by atoms with Gasteiger partial charge in [-0.2, -0.15) is 0 Å². The zero-order chi connectivity index (χ0) is 14.5. The van der Waals surface area contributed by atoms with E-state index in [1.165, 1.54) is 24.8 Å². The van der Waals surface area contributed by atoms with Crippen LogP contribution in [0.2, 0.25) is 0 Å². The second kappa shape index (κ2) is 7.01. The summed E-state index contributed by atoms with van der Waals surface area (Å²) in [5, 5.41) is 3.74. The minimum Gasteiger partial charge on any atom is -0.491 e. The number of rotatable bonds is 5. The number of hydrogen-bond acceptors (Lipinski definition) is 2. The summed E-state index contributed by atoms with van der Waals surface area (Å²) in [7, 11) is 0. The van der Waals surface area contributed by atoms with Crippen molar-refractivity contribution < 1.29 is 4.74 Å². The largest absolute Gasteiger partial charge is 0.491 e. The molecule has 1 N–H and O–H groups in total. The van der Waals surface area contributed by atoms with Gasteiger partial charge in [-0.25, -0.2) is 0 Å². The minimum atomic E-state index is 0.574. The van der Waals surface area contributed by atoms with Gasteiger partial charge in [-0.15, -0.1) is 0 Å². The fourth-order valence-electron chi connectivity index (χ4n) is 3.01. The van der Waals surface area contributed by atoms with Gasteiger partial charge >= 0.3 is 0 Å². The number of benzene rings is 1. The van der Waals surface area contributed by atoms with Crippen molar-refractivity contribution in [2.24, 2.45) is 11.8 Å². The summed E-state index contributed by atoms with van der Waals surface area (Å²) in [5.41, 5.74) is 2.42. The summed E-state index contributed by atoms with van der Waals surface area (Å²) in [4.78, 5) is 0. The molecule has 2 heteroatoms. The quantitative estimate of drug-likeness (QED) is 0.814. The van der Waals surface area contributed by atoms with E-state index < -0.39 is 0 Å². The van der Waals surface area contributed by atoms with Crippen LogP contribution in [0.1, 0.15) is 52.0 Å². The number of anilines is 1. The Kier molecular flexibility index (Phi) is 5.33. The molecule has 1 saturated carbocycles. The summed E-state index contributed by atoms with van der Waals surface area (Å²) in [6.07, 6.45) is 5.01. The fourth-order valence-corrected chi connectivity index (χ4v) is 3.01. The van der Waals surface area contributed by atoms with Crippen LogP contribution in [0, 0.1) is 18.8 Å². The van der Waals surface area contributed by atoms with E-state index in [1.54, 1.807) is 0 Å². The van der Waals surface area contributed by atoms with E-state index >= 15 is 0 Å². The van der Waals surface area contributed by atoms with Crippen LogP contribution in [0.15, 0.2) is 18.2 Å². The highest BCUT2D eigenvalue weighted by molar-refractivity contribution is 5.58. The minimum absolute atomic E-state index is 0.574. The maximum atomic E-state index is 5.91. The Labute approximate surface area is 123 Å². The van der Waals surface area contributed by atoms with E-state index in [2.05, 4.69) is 51.2 Å². The molecular weight excluding hydrogens is 246 g/mol. The highest BCUT2D eigenvalue weighted by atomic mass is 16.5. The molecule has 0 saturated heterocycles. The predicted molar refractivity (Wildman–Crippen MR) is 86.6 cm³/mol. The van der Waals surface area contributed by atoms with E-state index in [9.17, 15) is 0 Å². The van der Waals surface area contributed by atoms with Crippen molar-refractivity contribution in [3.8, 4) is 5.75 Å². The highest BCUT2D eigenvalue weighted by Gasteiger charge is 2.25. The van der Waals surface area contributed by atoms with E-state index in [4.69, 9.17) is 4.74 Å². The van der Waals surface area contributed by atoms with Gasteiger partial charge in [-0.05, 0) is 55.7 Å². The van der Waals surface area contributed by atoms with Gasteiger partial charge in [0.05, 0.1) is 12.3 Å². The lowest BCUT2D eigenvalue weighted by atomic mass is 9.80. The van der Waals surface area contributed by atoms with Crippen LogP contribution in [-0.4, -0.2) is 12.6 Å². The van der Waals surface area contributed by atoms with Crippen molar-refractivity contribution in [1.82, 2.24) is 0 Å². The molecule has 0 aromatic heterocycles. The molecule has 3 unspecified atom stereocenters. The van der Waals surface area contributed by atoms with Crippen molar-refractivity contribution in [3.05, 3.63) is 23.8 Å². The lowest BCUT2D eigenvalue weighted by Crippen LogP contribution is -2.33. The van der Waals surface area contributed by atoms with Crippen molar-refractivity contribution in [2.45, 2.75) is 59.4 Å². The van der Waals surface area contributed by atoms with Gasteiger partial charge in [0.15, 0.2) is 0 Å². The summed E-state index contributed by atoms with van der Waals surface area (Å²) in [6.45, 7) is 9.78. The zero-order valence-electron chi connectivity index (χ0n) is 13.4. The monoisotopic (exact) mass is 275 g/mol. The van der Waals surface area contributed by atoms with Crippen LogP contribution in [-0.2, 0) is 0 Å². The van der Waals surface area contributed by atoms with Gasteiger partial charge < -0.3 is 10.1 Å². The van der Waals surface area contributed by atoms with E-state index in [-0.39, 0.29) is 0 Å². The molecule has 1 aromatic rings. The van der Waals surface area contributed by atoms with Gasteiger partial charge in [0.2, 0.25) is 0 Å². The summed E-state index contributed by atoms with van der Waals surface area (Å²) >= 11 is 0. The highest BCUT2D eigenvalue weighted by Crippen LogP contribution is 2.33. The molecule has 112 valence electrons. The molecule has 0 radical (unpaired) electrons. The first-order valence-corrected chi connectivity index (χ1v) is 8.10. The maximum Gasteiger partial charge on any atom is 0.142 e. The molecule has 3 atom stereocenters. The fraction of sp³-hybridized carbons (Fsp3) is 0.667. The molecule has 2 nitrogen and oxygen atoms in total. The number of nitrogens with one attached hydrogen (secondary N) is 1. The topological polar surface area (TPSA) is 21.3 Å². The van der Waals surface area contributed by atoms with E-state index in [0.717, 1.165) is 36.3 Å². The predicted octanol–water partition coefficient (Wildman–Crippen LogP) is 5.02. The Balaban J connectivity index is 2.10. The van der Waals surface area contributed by atoms with Crippen LogP contribution in [0.4, 0.5) is 5.69 Å². The second-order valence-electron chi connectivity index (χ2n) is 6.49. The molecule has 0 aliphatic heterocycles. The standard InChI is InChI=1S/C18H29NO/c1-5-10-20-18-12-14(3)7-9-16(18)19-17-11-13(2)6-8-15(17)4/h7,9,12-13,15,17,19H,5-6,8,10-11H2,1-4H3.